The number of rotatable bonds is 8. The highest BCUT2D eigenvalue weighted by Gasteiger charge is 2.10. The third kappa shape index (κ3) is 6.34. The predicted molar refractivity (Wildman–Crippen MR) is 93.4 cm³/mol. The standard InChI is InChI=1S/C17H19N3O4S/c1-11-2-4-12(5-3-11)6-7-14(21)18-8-15(22)19-9-16-20-13(10-25-16)17(23)24/h2-5,10H,6-9H2,1H3,(H,18,21)(H,19,22)(H,23,24). The van der Waals surface area contributed by atoms with Crippen molar-refractivity contribution in [2.75, 3.05) is 6.54 Å². The molecule has 2 amide bonds. The van der Waals surface area contributed by atoms with Crippen LogP contribution in [0.15, 0.2) is 29.6 Å². The van der Waals surface area contributed by atoms with Crippen LogP contribution in [0.3, 0.4) is 0 Å². The minimum atomic E-state index is -1.10. The first-order valence-electron chi connectivity index (χ1n) is 7.70. The van der Waals surface area contributed by atoms with Gasteiger partial charge in [-0.3, -0.25) is 9.59 Å². The third-order valence-corrected chi connectivity index (χ3v) is 4.26. The Kier molecular flexibility index (Phi) is 6.64. The fourth-order valence-electron chi connectivity index (χ4n) is 2.01. The quantitative estimate of drug-likeness (QED) is 0.660. The van der Waals surface area contributed by atoms with Gasteiger partial charge in [0.05, 0.1) is 13.1 Å². The largest absolute Gasteiger partial charge is 0.476 e. The first kappa shape index (κ1) is 18.6. The fourth-order valence-corrected chi connectivity index (χ4v) is 2.71. The second kappa shape index (κ2) is 8.93. The Balaban J connectivity index is 1.65. The van der Waals surface area contributed by atoms with Crippen LogP contribution in [0.1, 0.15) is 33.0 Å². The number of nitrogens with zero attached hydrogens (tertiary/aromatic N) is 1. The van der Waals surface area contributed by atoms with Crippen LogP contribution in [0.4, 0.5) is 0 Å². The van der Waals surface area contributed by atoms with Gasteiger partial charge in [0, 0.05) is 11.8 Å². The monoisotopic (exact) mass is 361 g/mol. The van der Waals surface area contributed by atoms with Crippen molar-refractivity contribution in [1.29, 1.82) is 0 Å². The number of carboxylic acid groups (broad SMARTS) is 1. The van der Waals surface area contributed by atoms with Crippen molar-refractivity contribution >= 4 is 29.1 Å². The lowest BCUT2D eigenvalue weighted by Gasteiger charge is -2.06. The van der Waals surface area contributed by atoms with Gasteiger partial charge >= 0.3 is 5.97 Å². The molecular formula is C17H19N3O4S. The summed E-state index contributed by atoms with van der Waals surface area (Å²) in [7, 11) is 0. The van der Waals surface area contributed by atoms with E-state index in [-0.39, 0.29) is 30.6 Å². The minimum Gasteiger partial charge on any atom is -0.476 e. The second-order valence-corrected chi connectivity index (χ2v) is 6.41. The molecule has 1 heterocycles. The smallest absolute Gasteiger partial charge is 0.355 e. The van der Waals surface area contributed by atoms with E-state index in [2.05, 4.69) is 15.6 Å². The zero-order valence-corrected chi connectivity index (χ0v) is 14.6. The molecule has 0 radical (unpaired) electrons. The number of hydrogen-bond acceptors (Lipinski definition) is 5. The Labute approximate surface area is 149 Å². The average Bonchev–Trinajstić information content (AvgIpc) is 3.07. The highest BCUT2D eigenvalue weighted by atomic mass is 32.1. The summed E-state index contributed by atoms with van der Waals surface area (Å²) in [6, 6.07) is 7.95. The van der Waals surface area contributed by atoms with E-state index in [9.17, 15) is 14.4 Å². The van der Waals surface area contributed by atoms with Crippen LogP contribution in [-0.4, -0.2) is 34.4 Å². The van der Waals surface area contributed by atoms with Crippen LogP contribution in [0, 0.1) is 6.92 Å². The molecule has 1 aromatic heterocycles. The van der Waals surface area contributed by atoms with Crippen molar-refractivity contribution in [2.24, 2.45) is 0 Å². The van der Waals surface area contributed by atoms with Gasteiger partial charge in [-0.1, -0.05) is 29.8 Å². The molecule has 0 saturated carbocycles. The number of carbonyl (C=O) groups excluding carboxylic acids is 2. The molecule has 0 bridgehead atoms. The van der Waals surface area contributed by atoms with E-state index in [0.717, 1.165) is 16.9 Å². The fraction of sp³-hybridized carbons (Fsp3) is 0.294. The van der Waals surface area contributed by atoms with Gasteiger partial charge in [-0.25, -0.2) is 9.78 Å². The zero-order valence-electron chi connectivity index (χ0n) is 13.7. The van der Waals surface area contributed by atoms with Crippen LogP contribution >= 0.6 is 11.3 Å². The predicted octanol–water partition coefficient (Wildman–Crippen LogP) is 1.51. The molecule has 0 aliphatic heterocycles. The summed E-state index contributed by atoms with van der Waals surface area (Å²) in [6.45, 7) is 2.02. The van der Waals surface area contributed by atoms with E-state index >= 15 is 0 Å². The second-order valence-electron chi connectivity index (χ2n) is 5.47. The number of benzene rings is 1. The summed E-state index contributed by atoms with van der Waals surface area (Å²) in [5, 5.41) is 15.8. The van der Waals surface area contributed by atoms with Gasteiger partial charge in [0.2, 0.25) is 11.8 Å². The molecule has 132 valence electrons. The van der Waals surface area contributed by atoms with Gasteiger partial charge in [0.25, 0.3) is 0 Å². The molecule has 0 spiro atoms. The maximum Gasteiger partial charge on any atom is 0.355 e. The normalized spacial score (nSPS) is 10.3. The molecule has 0 atom stereocenters. The molecule has 0 aliphatic carbocycles. The minimum absolute atomic E-state index is 0.0429. The lowest BCUT2D eigenvalue weighted by molar-refractivity contribution is -0.126. The van der Waals surface area contributed by atoms with Gasteiger partial charge in [-0.2, -0.15) is 0 Å². The maximum atomic E-state index is 11.8. The summed E-state index contributed by atoms with van der Waals surface area (Å²) < 4.78 is 0. The summed E-state index contributed by atoms with van der Waals surface area (Å²) in [5.41, 5.74) is 2.20. The molecule has 7 nitrogen and oxygen atoms in total. The van der Waals surface area contributed by atoms with Crippen molar-refractivity contribution in [3.63, 3.8) is 0 Å². The maximum absolute atomic E-state index is 11.8. The number of thiazole rings is 1. The van der Waals surface area contributed by atoms with E-state index in [1.807, 2.05) is 31.2 Å². The summed E-state index contributed by atoms with van der Waals surface area (Å²) in [5.74, 6) is -1.65. The molecule has 3 N–H and O–H groups in total. The van der Waals surface area contributed by atoms with E-state index in [4.69, 9.17) is 5.11 Å². The van der Waals surface area contributed by atoms with Crippen molar-refractivity contribution in [1.82, 2.24) is 15.6 Å². The molecule has 0 unspecified atom stereocenters. The molecule has 1 aromatic carbocycles. The van der Waals surface area contributed by atoms with Crippen LogP contribution in [0.25, 0.3) is 0 Å². The molecule has 25 heavy (non-hydrogen) atoms. The molecule has 0 saturated heterocycles. The Bertz CT molecular complexity index is 756. The van der Waals surface area contributed by atoms with Crippen molar-refractivity contribution in [2.45, 2.75) is 26.3 Å². The average molecular weight is 361 g/mol. The number of carboxylic acids is 1. The van der Waals surface area contributed by atoms with Crippen LogP contribution in [-0.2, 0) is 22.6 Å². The number of amides is 2. The number of nitrogens with one attached hydrogen (secondary N) is 2. The van der Waals surface area contributed by atoms with Crippen molar-refractivity contribution in [3.8, 4) is 0 Å². The Morgan fingerprint density at radius 1 is 1.12 bits per heavy atom. The lowest BCUT2D eigenvalue weighted by Crippen LogP contribution is -2.36. The Morgan fingerprint density at radius 3 is 2.48 bits per heavy atom. The first-order chi connectivity index (χ1) is 11.9. The van der Waals surface area contributed by atoms with Gasteiger partial charge in [0.1, 0.15) is 5.01 Å². The van der Waals surface area contributed by atoms with Crippen molar-refractivity contribution in [3.05, 3.63) is 51.5 Å². The van der Waals surface area contributed by atoms with Gasteiger partial charge < -0.3 is 15.7 Å². The Morgan fingerprint density at radius 2 is 1.84 bits per heavy atom. The number of aromatic carboxylic acids is 1. The summed E-state index contributed by atoms with van der Waals surface area (Å²) in [4.78, 5) is 38.1. The molecule has 8 heteroatoms. The number of aromatic nitrogens is 1. The van der Waals surface area contributed by atoms with Crippen molar-refractivity contribution < 1.29 is 19.5 Å². The van der Waals surface area contributed by atoms with E-state index in [1.54, 1.807) is 0 Å². The number of carbonyl (C=O) groups is 3. The van der Waals surface area contributed by atoms with E-state index in [0.29, 0.717) is 17.8 Å². The summed E-state index contributed by atoms with van der Waals surface area (Å²) in [6.07, 6.45) is 0.926. The molecule has 2 aromatic rings. The molecular weight excluding hydrogens is 342 g/mol. The summed E-state index contributed by atoms with van der Waals surface area (Å²) >= 11 is 1.16. The van der Waals surface area contributed by atoms with Crippen LogP contribution in [0.5, 0.6) is 0 Å². The van der Waals surface area contributed by atoms with Crippen LogP contribution in [0.2, 0.25) is 0 Å². The van der Waals surface area contributed by atoms with E-state index in [1.165, 1.54) is 10.9 Å². The number of hydrogen-bond donors (Lipinski definition) is 3. The Hall–Kier alpha value is -2.74. The SMILES string of the molecule is Cc1ccc(CCC(=O)NCC(=O)NCc2nc(C(=O)O)cs2)cc1. The molecule has 2 rings (SSSR count). The van der Waals surface area contributed by atoms with Gasteiger partial charge in [-0.15, -0.1) is 11.3 Å². The van der Waals surface area contributed by atoms with Crippen LogP contribution < -0.4 is 10.6 Å². The first-order valence-corrected chi connectivity index (χ1v) is 8.58. The molecule has 0 fully saturated rings. The van der Waals surface area contributed by atoms with Gasteiger partial charge in [0.15, 0.2) is 5.69 Å². The highest BCUT2D eigenvalue weighted by Crippen LogP contribution is 2.09. The zero-order chi connectivity index (χ0) is 18.2. The van der Waals surface area contributed by atoms with Gasteiger partial charge in [-0.05, 0) is 18.9 Å². The molecule has 0 aliphatic rings. The highest BCUT2D eigenvalue weighted by molar-refractivity contribution is 7.09. The topological polar surface area (TPSA) is 108 Å². The van der Waals surface area contributed by atoms with E-state index < -0.39 is 5.97 Å². The number of aryl methyl sites for hydroxylation is 2. The lowest BCUT2D eigenvalue weighted by atomic mass is 10.1. The third-order valence-electron chi connectivity index (χ3n) is 3.42.